The van der Waals surface area contributed by atoms with Crippen molar-refractivity contribution in [3.8, 4) is 0 Å². The van der Waals surface area contributed by atoms with Crippen molar-refractivity contribution in [3.63, 3.8) is 0 Å². The lowest BCUT2D eigenvalue weighted by Crippen LogP contribution is -2.24. The molecule has 7 heteroatoms. The smallest absolute Gasteiger partial charge is 0.337 e. The van der Waals surface area contributed by atoms with Crippen molar-refractivity contribution in [1.29, 1.82) is 0 Å². The molecular weight excluding hydrogens is 344 g/mol. The molecule has 0 saturated heterocycles. The molecule has 0 unspecified atom stereocenters. The van der Waals surface area contributed by atoms with Crippen molar-refractivity contribution >= 4 is 23.3 Å². The van der Waals surface area contributed by atoms with Crippen LogP contribution in [0.4, 0.5) is 11.4 Å². The lowest BCUT2D eigenvalue weighted by molar-refractivity contribution is 0.0600. The number of methoxy groups -OCH3 is 1. The maximum absolute atomic E-state index is 12.3. The number of aromatic nitrogens is 2. The Balaban J connectivity index is 1.68. The average Bonchev–Trinajstić information content (AvgIpc) is 2.72. The topological polar surface area (TPSA) is 93.2 Å². The minimum absolute atomic E-state index is 0.278. The summed E-state index contributed by atoms with van der Waals surface area (Å²) in [4.78, 5) is 32.2. The van der Waals surface area contributed by atoms with Crippen LogP contribution in [0.5, 0.6) is 0 Å². The van der Waals surface area contributed by atoms with Crippen LogP contribution < -0.4 is 10.6 Å². The summed E-state index contributed by atoms with van der Waals surface area (Å²) in [5.74, 6) is -0.712. The number of carbonyl (C=O) groups excluding carboxylic acids is 2. The molecule has 2 heterocycles. The Hall–Kier alpha value is -3.74. The van der Waals surface area contributed by atoms with Gasteiger partial charge in [0.25, 0.3) is 5.91 Å². The fraction of sp³-hybridized carbons (Fsp3) is 0.100. The summed E-state index contributed by atoms with van der Waals surface area (Å²) in [6.07, 6.45) is 3.22. The standard InChI is InChI=1S/C20H18N4O3/c1-27-20(26)14-5-4-7-15(11-14)24-16-8-10-22-18(12-16)19(25)23-13-17-6-2-3-9-21-17/h2-12H,13H2,1H3,(H,22,24)(H,23,25). The number of carbonyl (C=O) groups is 2. The third-order valence-corrected chi connectivity index (χ3v) is 3.72. The highest BCUT2D eigenvalue weighted by molar-refractivity contribution is 5.93. The van der Waals surface area contributed by atoms with Gasteiger partial charge >= 0.3 is 5.97 Å². The molecule has 0 fully saturated rings. The summed E-state index contributed by atoms with van der Waals surface area (Å²) < 4.78 is 4.72. The predicted octanol–water partition coefficient (Wildman–Crippen LogP) is 2.94. The molecule has 1 aromatic carbocycles. The first-order valence-corrected chi connectivity index (χ1v) is 8.25. The molecule has 1 amide bonds. The molecule has 2 N–H and O–H groups in total. The van der Waals surface area contributed by atoms with Crippen LogP contribution in [0.2, 0.25) is 0 Å². The Morgan fingerprint density at radius 3 is 2.59 bits per heavy atom. The van der Waals surface area contributed by atoms with Crippen LogP contribution in [0.3, 0.4) is 0 Å². The van der Waals surface area contributed by atoms with Crippen LogP contribution in [0.1, 0.15) is 26.5 Å². The first-order chi connectivity index (χ1) is 13.2. The van der Waals surface area contributed by atoms with Crippen LogP contribution in [-0.2, 0) is 11.3 Å². The number of esters is 1. The van der Waals surface area contributed by atoms with E-state index in [1.165, 1.54) is 7.11 Å². The van der Waals surface area contributed by atoms with Crippen LogP contribution >= 0.6 is 0 Å². The van der Waals surface area contributed by atoms with Crippen LogP contribution in [0.15, 0.2) is 67.0 Å². The normalized spacial score (nSPS) is 10.1. The molecule has 0 saturated carbocycles. The van der Waals surface area contributed by atoms with Gasteiger partial charge in [0.2, 0.25) is 0 Å². The molecule has 136 valence electrons. The van der Waals surface area contributed by atoms with E-state index in [0.29, 0.717) is 23.5 Å². The van der Waals surface area contributed by atoms with Crippen LogP contribution in [0, 0.1) is 0 Å². The molecule has 3 rings (SSSR count). The molecule has 7 nitrogen and oxygen atoms in total. The fourth-order valence-corrected chi connectivity index (χ4v) is 2.41. The van der Waals surface area contributed by atoms with Gasteiger partial charge in [-0.05, 0) is 42.5 Å². The molecule has 2 aromatic heterocycles. The largest absolute Gasteiger partial charge is 0.465 e. The van der Waals surface area contributed by atoms with E-state index in [4.69, 9.17) is 4.74 Å². The molecule has 3 aromatic rings. The number of benzene rings is 1. The first kappa shape index (κ1) is 18.1. The molecule has 0 aliphatic carbocycles. The highest BCUT2D eigenvalue weighted by atomic mass is 16.5. The van der Waals surface area contributed by atoms with E-state index in [0.717, 1.165) is 5.69 Å². The number of nitrogens with one attached hydrogen (secondary N) is 2. The molecular formula is C20H18N4O3. The minimum Gasteiger partial charge on any atom is -0.465 e. The molecule has 0 radical (unpaired) electrons. The number of hydrogen-bond acceptors (Lipinski definition) is 6. The SMILES string of the molecule is COC(=O)c1cccc(Nc2ccnc(C(=O)NCc3ccccn3)c2)c1. The fourth-order valence-electron chi connectivity index (χ4n) is 2.41. The molecule has 0 spiro atoms. The number of anilines is 2. The number of hydrogen-bond donors (Lipinski definition) is 2. The maximum atomic E-state index is 12.3. The summed E-state index contributed by atoms with van der Waals surface area (Å²) >= 11 is 0. The van der Waals surface area contributed by atoms with Gasteiger partial charge in [-0.25, -0.2) is 4.79 Å². The second-order valence-electron chi connectivity index (χ2n) is 5.63. The van der Waals surface area contributed by atoms with Gasteiger partial charge < -0.3 is 15.4 Å². The van der Waals surface area contributed by atoms with Gasteiger partial charge in [-0.1, -0.05) is 12.1 Å². The monoisotopic (exact) mass is 362 g/mol. The van der Waals surface area contributed by atoms with E-state index in [9.17, 15) is 9.59 Å². The lowest BCUT2D eigenvalue weighted by Gasteiger charge is -2.09. The van der Waals surface area contributed by atoms with Crippen molar-refractivity contribution < 1.29 is 14.3 Å². The van der Waals surface area contributed by atoms with Crippen molar-refractivity contribution in [2.24, 2.45) is 0 Å². The Bertz CT molecular complexity index is 945. The Kier molecular flexibility index (Phi) is 5.73. The zero-order valence-corrected chi connectivity index (χ0v) is 14.7. The second-order valence-corrected chi connectivity index (χ2v) is 5.63. The summed E-state index contributed by atoms with van der Waals surface area (Å²) in [7, 11) is 1.33. The molecule has 27 heavy (non-hydrogen) atoms. The summed E-state index contributed by atoms with van der Waals surface area (Å²) in [5.41, 5.74) is 2.85. The highest BCUT2D eigenvalue weighted by Crippen LogP contribution is 2.18. The van der Waals surface area contributed by atoms with Crippen molar-refractivity contribution in [3.05, 3.63) is 83.9 Å². The molecule has 0 bridgehead atoms. The van der Waals surface area contributed by atoms with Crippen LogP contribution in [-0.4, -0.2) is 29.0 Å². The van der Waals surface area contributed by atoms with E-state index in [-0.39, 0.29) is 11.6 Å². The van der Waals surface area contributed by atoms with Gasteiger partial charge in [0.15, 0.2) is 0 Å². The number of rotatable bonds is 6. The maximum Gasteiger partial charge on any atom is 0.337 e. The zero-order chi connectivity index (χ0) is 19.1. The van der Waals surface area contributed by atoms with Crippen molar-refractivity contribution in [2.45, 2.75) is 6.54 Å². The van der Waals surface area contributed by atoms with E-state index in [2.05, 4.69) is 20.6 Å². The van der Waals surface area contributed by atoms with Gasteiger partial charge in [-0.3, -0.25) is 14.8 Å². The first-order valence-electron chi connectivity index (χ1n) is 8.25. The average molecular weight is 362 g/mol. The summed E-state index contributed by atoms with van der Waals surface area (Å²) in [6.45, 7) is 0.320. The molecule has 0 aliphatic heterocycles. The van der Waals surface area contributed by atoms with Gasteiger partial charge in [0.1, 0.15) is 5.69 Å². The Morgan fingerprint density at radius 2 is 1.81 bits per heavy atom. The third kappa shape index (κ3) is 4.88. The van der Waals surface area contributed by atoms with E-state index in [1.807, 2.05) is 24.3 Å². The summed E-state index contributed by atoms with van der Waals surface area (Å²) in [6, 6.07) is 15.8. The number of amides is 1. The minimum atomic E-state index is -0.414. The van der Waals surface area contributed by atoms with E-state index < -0.39 is 5.97 Å². The van der Waals surface area contributed by atoms with Gasteiger partial charge in [-0.2, -0.15) is 0 Å². The molecule has 0 aliphatic rings. The van der Waals surface area contributed by atoms with Gasteiger partial charge in [0.05, 0.1) is 24.9 Å². The van der Waals surface area contributed by atoms with Crippen molar-refractivity contribution in [2.75, 3.05) is 12.4 Å². The van der Waals surface area contributed by atoms with Gasteiger partial charge in [0, 0.05) is 23.8 Å². The van der Waals surface area contributed by atoms with E-state index >= 15 is 0 Å². The van der Waals surface area contributed by atoms with Crippen LogP contribution in [0.25, 0.3) is 0 Å². The quantitative estimate of drug-likeness (QED) is 0.655. The van der Waals surface area contributed by atoms with E-state index in [1.54, 1.807) is 42.7 Å². The third-order valence-electron chi connectivity index (χ3n) is 3.72. The Labute approximate surface area is 156 Å². The number of nitrogens with zero attached hydrogens (tertiary/aromatic N) is 2. The van der Waals surface area contributed by atoms with Crippen molar-refractivity contribution in [1.82, 2.24) is 15.3 Å². The number of pyridine rings is 2. The second kappa shape index (κ2) is 8.57. The molecule has 0 atom stereocenters. The lowest BCUT2D eigenvalue weighted by atomic mass is 10.2. The Morgan fingerprint density at radius 1 is 0.963 bits per heavy atom. The van der Waals surface area contributed by atoms with Gasteiger partial charge in [-0.15, -0.1) is 0 Å². The zero-order valence-electron chi connectivity index (χ0n) is 14.7. The number of ether oxygens (including phenoxy) is 1. The highest BCUT2D eigenvalue weighted by Gasteiger charge is 2.09. The predicted molar refractivity (Wildman–Crippen MR) is 101 cm³/mol. The summed E-state index contributed by atoms with van der Waals surface area (Å²) in [5, 5.41) is 5.94.